The third kappa shape index (κ3) is 3.79. The number of amides is 1. The van der Waals surface area contributed by atoms with Gasteiger partial charge in [0.2, 0.25) is 0 Å². The van der Waals surface area contributed by atoms with Crippen molar-refractivity contribution < 1.29 is 4.79 Å². The number of nitrogens with zero attached hydrogens (tertiary/aromatic N) is 1. The van der Waals surface area contributed by atoms with Crippen LogP contribution < -0.4 is 5.43 Å². The van der Waals surface area contributed by atoms with E-state index in [0.717, 1.165) is 12.0 Å². The molecule has 3 heteroatoms. The van der Waals surface area contributed by atoms with Crippen LogP contribution >= 0.6 is 0 Å². The fourth-order valence-electron chi connectivity index (χ4n) is 1.77. The van der Waals surface area contributed by atoms with Gasteiger partial charge in [0.15, 0.2) is 0 Å². The average Bonchev–Trinajstić information content (AvgIpc) is 2.49. The van der Waals surface area contributed by atoms with Crippen LogP contribution in [0.2, 0.25) is 0 Å². The van der Waals surface area contributed by atoms with Crippen LogP contribution in [0.5, 0.6) is 0 Å². The highest BCUT2D eigenvalue weighted by Gasteiger charge is 2.02. The van der Waals surface area contributed by atoms with Gasteiger partial charge in [-0.25, -0.2) is 5.43 Å². The third-order valence-corrected chi connectivity index (χ3v) is 3.08. The molecule has 2 aromatic rings. The average molecular weight is 266 g/mol. The van der Waals surface area contributed by atoms with E-state index in [1.807, 2.05) is 55.5 Å². The summed E-state index contributed by atoms with van der Waals surface area (Å²) in [5, 5.41) is 3.97. The molecule has 2 aromatic carbocycles. The van der Waals surface area contributed by atoms with Gasteiger partial charge in [0.25, 0.3) is 5.91 Å². The quantitative estimate of drug-likeness (QED) is 0.669. The molecule has 0 heterocycles. The summed E-state index contributed by atoms with van der Waals surface area (Å²) in [7, 11) is 0. The number of hydrogen-bond acceptors (Lipinski definition) is 2. The number of rotatable bonds is 4. The van der Waals surface area contributed by atoms with E-state index in [9.17, 15) is 4.79 Å². The first-order valence-electron chi connectivity index (χ1n) is 6.68. The van der Waals surface area contributed by atoms with Crippen LogP contribution in [-0.4, -0.2) is 12.1 Å². The minimum absolute atomic E-state index is 0.198. The SMILES string of the molecule is CCc1ccc(C(=O)N/N=C\c2ccc(C)cc2)cc1. The molecule has 0 aliphatic heterocycles. The van der Waals surface area contributed by atoms with E-state index in [4.69, 9.17) is 0 Å². The van der Waals surface area contributed by atoms with Crippen LogP contribution in [0.15, 0.2) is 53.6 Å². The molecule has 0 saturated carbocycles. The molecule has 1 amide bonds. The molecule has 102 valence electrons. The molecular weight excluding hydrogens is 248 g/mol. The Morgan fingerprint density at radius 1 is 1.10 bits per heavy atom. The van der Waals surface area contributed by atoms with Crippen LogP contribution in [0.1, 0.15) is 34.0 Å². The van der Waals surface area contributed by atoms with Gasteiger partial charge in [-0.05, 0) is 36.6 Å². The van der Waals surface area contributed by atoms with Crippen molar-refractivity contribution in [1.29, 1.82) is 0 Å². The van der Waals surface area contributed by atoms with Gasteiger partial charge in [-0.15, -0.1) is 0 Å². The van der Waals surface area contributed by atoms with Crippen LogP contribution in [0.4, 0.5) is 0 Å². The molecular formula is C17H18N2O. The summed E-state index contributed by atoms with van der Waals surface area (Å²) >= 11 is 0. The summed E-state index contributed by atoms with van der Waals surface area (Å²) in [5.74, 6) is -0.198. The Hall–Kier alpha value is -2.42. The second-order valence-corrected chi connectivity index (χ2v) is 4.66. The maximum atomic E-state index is 11.9. The molecule has 0 radical (unpaired) electrons. The molecule has 0 aliphatic rings. The minimum Gasteiger partial charge on any atom is -0.267 e. The normalized spacial score (nSPS) is 10.7. The molecule has 0 unspecified atom stereocenters. The molecule has 1 N–H and O–H groups in total. The molecule has 0 bridgehead atoms. The standard InChI is InChI=1S/C17H18N2O/c1-3-14-8-10-16(11-9-14)17(20)19-18-12-15-6-4-13(2)5-7-15/h4-12H,3H2,1-2H3,(H,19,20)/b18-12-. The fourth-order valence-corrected chi connectivity index (χ4v) is 1.77. The Morgan fingerprint density at radius 2 is 1.75 bits per heavy atom. The van der Waals surface area contributed by atoms with Gasteiger partial charge >= 0.3 is 0 Å². The zero-order valence-corrected chi connectivity index (χ0v) is 11.8. The van der Waals surface area contributed by atoms with Gasteiger partial charge in [0, 0.05) is 5.56 Å². The van der Waals surface area contributed by atoms with E-state index in [2.05, 4.69) is 17.5 Å². The summed E-state index contributed by atoms with van der Waals surface area (Å²) in [6.45, 7) is 4.11. The van der Waals surface area contributed by atoms with E-state index in [0.29, 0.717) is 5.56 Å². The lowest BCUT2D eigenvalue weighted by Crippen LogP contribution is -2.17. The first-order valence-corrected chi connectivity index (χ1v) is 6.68. The number of hydrogen-bond donors (Lipinski definition) is 1. The molecule has 0 fully saturated rings. The van der Waals surface area contributed by atoms with Gasteiger partial charge in [0.05, 0.1) is 6.21 Å². The topological polar surface area (TPSA) is 41.5 Å². The lowest BCUT2D eigenvalue weighted by molar-refractivity contribution is 0.0955. The van der Waals surface area contributed by atoms with Crippen LogP contribution in [0, 0.1) is 6.92 Å². The van der Waals surface area contributed by atoms with Crippen LogP contribution in [0.3, 0.4) is 0 Å². The highest BCUT2D eigenvalue weighted by atomic mass is 16.2. The zero-order chi connectivity index (χ0) is 14.4. The Balaban J connectivity index is 1.95. The Kier molecular flexibility index (Phi) is 4.66. The molecule has 20 heavy (non-hydrogen) atoms. The fraction of sp³-hybridized carbons (Fsp3) is 0.176. The van der Waals surface area contributed by atoms with Gasteiger partial charge < -0.3 is 0 Å². The number of benzene rings is 2. The van der Waals surface area contributed by atoms with Crippen molar-refractivity contribution in [3.8, 4) is 0 Å². The minimum atomic E-state index is -0.198. The summed E-state index contributed by atoms with van der Waals surface area (Å²) < 4.78 is 0. The van der Waals surface area contributed by atoms with Gasteiger partial charge in [-0.1, -0.05) is 48.9 Å². The van der Waals surface area contributed by atoms with Crippen molar-refractivity contribution in [1.82, 2.24) is 5.43 Å². The first-order chi connectivity index (χ1) is 9.69. The second-order valence-electron chi connectivity index (χ2n) is 4.66. The maximum Gasteiger partial charge on any atom is 0.271 e. The highest BCUT2D eigenvalue weighted by molar-refractivity contribution is 5.94. The van der Waals surface area contributed by atoms with Crippen molar-refractivity contribution in [2.75, 3.05) is 0 Å². The predicted octanol–water partition coefficient (Wildman–Crippen LogP) is 3.32. The third-order valence-electron chi connectivity index (χ3n) is 3.08. The van der Waals surface area contributed by atoms with Gasteiger partial charge in [-0.2, -0.15) is 5.10 Å². The molecule has 0 saturated heterocycles. The van der Waals surface area contributed by atoms with Crippen molar-refractivity contribution in [3.05, 3.63) is 70.8 Å². The number of carbonyl (C=O) groups is 1. The van der Waals surface area contributed by atoms with E-state index >= 15 is 0 Å². The molecule has 0 aliphatic carbocycles. The maximum absolute atomic E-state index is 11.9. The summed E-state index contributed by atoms with van der Waals surface area (Å²) in [6.07, 6.45) is 2.60. The van der Waals surface area contributed by atoms with Crippen molar-refractivity contribution in [3.63, 3.8) is 0 Å². The lowest BCUT2D eigenvalue weighted by Gasteiger charge is -2.01. The van der Waals surface area contributed by atoms with Crippen molar-refractivity contribution in [2.24, 2.45) is 5.10 Å². The summed E-state index contributed by atoms with van der Waals surface area (Å²) in [6, 6.07) is 15.5. The number of nitrogens with one attached hydrogen (secondary N) is 1. The smallest absolute Gasteiger partial charge is 0.267 e. The molecule has 0 spiro atoms. The summed E-state index contributed by atoms with van der Waals surface area (Å²) in [4.78, 5) is 11.9. The number of aryl methyl sites for hydroxylation is 2. The first kappa shape index (κ1) is 14.0. The molecule has 2 rings (SSSR count). The van der Waals surface area contributed by atoms with Crippen LogP contribution in [-0.2, 0) is 6.42 Å². The van der Waals surface area contributed by atoms with Crippen LogP contribution in [0.25, 0.3) is 0 Å². The van der Waals surface area contributed by atoms with Gasteiger partial charge in [0.1, 0.15) is 0 Å². The Bertz CT molecular complexity index is 598. The van der Waals surface area contributed by atoms with Crippen molar-refractivity contribution in [2.45, 2.75) is 20.3 Å². The van der Waals surface area contributed by atoms with Crippen molar-refractivity contribution >= 4 is 12.1 Å². The van der Waals surface area contributed by atoms with E-state index in [-0.39, 0.29) is 5.91 Å². The highest BCUT2D eigenvalue weighted by Crippen LogP contribution is 2.05. The van der Waals surface area contributed by atoms with E-state index < -0.39 is 0 Å². The lowest BCUT2D eigenvalue weighted by atomic mass is 10.1. The van der Waals surface area contributed by atoms with Gasteiger partial charge in [-0.3, -0.25) is 4.79 Å². The second kappa shape index (κ2) is 6.66. The Labute approximate surface area is 119 Å². The molecule has 3 nitrogen and oxygen atoms in total. The van der Waals surface area contributed by atoms with E-state index in [1.54, 1.807) is 6.21 Å². The Morgan fingerprint density at radius 3 is 2.35 bits per heavy atom. The number of hydrazone groups is 1. The number of carbonyl (C=O) groups excluding carboxylic acids is 1. The molecule has 0 atom stereocenters. The largest absolute Gasteiger partial charge is 0.271 e. The predicted molar refractivity (Wildman–Crippen MR) is 82.1 cm³/mol. The molecule has 0 aromatic heterocycles. The summed E-state index contributed by atoms with van der Waals surface area (Å²) in [5.41, 5.74) is 6.51. The monoisotopic (exact) mass is 266 g/mol. The zero-order valence-electron chi connectivity index (χ0n) is 11.8. The van der Waals surface area contributed by atoms with E-state index in [1.165, 1.54) is 11.1 Å².